The van der Waals surface area contributed by atoms with Gasteiger partial charge in [0, 0.05) is 0 Å². The lowest BCUT2D eigenvalue weighted by atomic mass is 9.75. The van der Waals surface area contributed by atoms with Crippen LogP contribution in [-0.4, -0.2) is 5.37 Å². The average Bonchev–Trinajstić information content (AvgIpc) is 2.63. The molecule has 0 saturated heterocycles. The van der Waals surface area contributed by atoms with Crippen LogP contribution in [0.3, 0.4) is 0 Å². The summed E-state index contributed by atoms with van der Waals surface area (Å²) in [5.41, 5.74) is 2.07. The molecule has 5 unspecified atom stereocenters. The molecule has 0 aromatic heterocycles. The Morgan fingerprint density at radius 2 is 1.81 bits per heavy atom. The van der Waals surface area contributed by atoms with Gasteiger partial charge in [-0.2, -0.15) is 0 Å². The van der Waals surface area contributed by atoms with Crippen LogP contribution in [0.1, 0.15) is 101 Å². The van der Waals surface area contributed by atoms with E-state index in [0.29, 0.717) is 23.2 Å². The van der Waals surface area contributed by atoms with Gasteiger partial charge in [0.1, 0.15) is 0 Å². The van der Waals surface area contributed by atoms with E-state index < -0.39 is 0 Å². The first-order valence-corrected chi connectivity index (χ1v) is 11.9. The van der Waals surface area contributed by atoms with E-state index in [-0.39, 0.29) is 0 Å². The van der Waals surface area contributed by atoms with Crippen molar-refractivity contribution < 1.29 is 0 Å². The van der Waals surface area contributed by atoms with Crippen molar-refractivity contribution in [2.24, 2.45) is 35.0 Å². The van der Waals surface area contributed by atoms with Crippen molar-refractivity contribution in [3.05, 3.63) is 23.8 Å². The predicted molar refractivity (Wildman–Crippen MR) is 130 cm³/mol. The third-order valence-electron chi connectivity index (χ3n) is 6.83. The molecular weight excluding hydrogens is 344 g/mol. The summed E-state index contributed by atoms with van der Waals surface area (Å²) < 4.78 is 0. The van der Waals surface area contributed by atoms with Gasteiger partial charge in [-0.25, -0.2) is 0 Å². The van der Waals surface area contributed by atoms with Gasteiger partial charge in [0.2, 0.25) is 0 Å². The molecule has 0 heterocycles. The van der Waals surface area contributed by atoms with Crippen LogP contribution in [-0.2, 0) is 0 Å². The van der Waals surface area contributed by atoms with E-state index in [1.54, 1.807) is 0 Å². The fourth-order valence-corrected chi connectivity index (χ4v) is 4.19. The molecule has 0 spiro atoms. The van der Waals surface area contributed by atoms with Crippen molar-refractivity contribution in [1.29, 1.82) is 0 Å². The molecule has 1 aliphatic carbocycles. The van der Waals surface area contributed by atoms with Crippen LogP contribution < -0.4 is 0 Å². The number of thiocarbonyl (C=S) groups is 1. The maximum Gasteiger partial charge on any atom is -0.000215 e. The van der Waals surface area contributed by atoms with Gasteiger partial charge < -0.3 is 0 Å². The summed E-state index contributed by atoms with van der Waals surface area (Å²) in [4.78, 5) is 0. The summed E-state index contributed by atoms with van der Waals surface area (Å²) in [5.74, 6) is 3.58. The summed E-state index contributed by atoms with van der Waals surface area (Å²) in [5, 5.41) is 1.96. The summed E-state index contributed by atoms with van der Waals surface area (Å²) in [6, 6.07) is 0. The van der Waals surface area contributed by atoms with Crippen LogP contribution in [0.25, 0.3) is 0 Å². The molecule has 0 bridgehead atoms. The first-order valence-electron chi connectivity index (χ1n) is 11.4. The van der Waals surface area contributed by atoms with E-state index in [0.717, 1.165) is 18.3 Å². The highest BCUT2D eigenvalue weighted by Gasteiger charge is 2.25. The minimum atomic E-state index is 0.552. The number of hydrogen-bond acceptors (Lipinski definition) is 1. The van der Waals surface area contributed by atoms with E-state index in [9.17, 15) is 0 Å². The Kier molecular flexibility index (Phi) is 13.5. The zero-order valence-electron chi connectivity index (χ0n) is 19.8. The Labute approximate surface area is 177 Å². The zero-order valence-corrected chi connectivity index (χ0v) is 20.7. The smallest absolute Gasteiger partial charge is 0.000215 e. The van der Waals surface area contributed by atoms with E-state index in [1.807, 2.05) is 5.37 Å². The van der Waals surface area contributed by atoms with Crippen LogP contribution in [0.5, 0.6) is 0 Å². The zero-order chi connectivity index (χ0) is 21.0. The molecule has 0 fully saturated rings. The second-order valence-corrected chi connectivity index (χ2v) is 9.98. The third-order valence-corrected chi connectivity index (χ3v) is 7.15. The summed E-state index contributed by atoms with van der Waals surface area (Å²) >= 11 is 5.13. The monoisotopic (exact) mass is 392 g/mol. The Morgan fingerprint density at radius 3 is 2.30 bits per heavy atom. The van der Waals surface area contributed by atoms with Gasteiger partial charge in [0.25, 0.3) is 0 Å². The van der Waals surface area contributed by atoms with Gasteiger partial charge in [0.05, 0.1) is 0 Å². The minimum Gasteiger partial charge on any atom is -0.0931 e. The molecule has 0 aromatic carbocycles. The summed E-state index contributed by atoms with van der Waals surface area (Å²) in [6.45, 7) is 20.8. The van der Waals surface area contributed by atoms with Gasteiger partial charge in [-0.05, 0) is 73.0 Å². The number of hydrogen-bond donors (Lipinski definition) is 0. The topological polar surface area (TPSA) is 0 Å². The largest absolute Gasteiger partial charge is 0.0931 e. The van der Waals surface area contributed by atoms with Crippen molar-refractivity contribution in [3.63, 3.8) is 0 Å². The molecule has 1 rings (SSSR count). The van der Waals surface area contributed by atoms with Gasteiger partial charge in [0.15, 0.2) is 0 Å². The molecule has 158 valence electrons. The third kappa shape index (κ3) is 10.6. The Morgan fingerprint density at radius 1 is 1.19 bits per heavy atom. The standard InChI is InChI=1S/C13H20S.C13H28/c1-4-5-6-12-8-10(2)7-11(3)13(12)9-14;1-7-11(3)12(4)9-10-13(5,6)8-2/h5-7,9,11-13H,4,8H2,1-3H3;11-12H,7-10H2,1-6H3/b6-5+;. The number of allylic oxidation sites excluding steroid dienone is 4. The lowest BCUT2D eigenvalue weighted by Crippen LogP contribution is -2.24. The second kappa shape index (κ2) is 13.7. The molecule has 0 saturated carbocycles. The molecule has 5 atom stereocenters. The van der Waals surface area contributed by atoms with Gasteiger partial charge >= 0.3 is 0 Å². The average molecular weight is 393 g/mol. The van der Waals surface area contributed by atoms with Crippen molar-refractivity contribution in [3.8, 4) is 0 Å². The molecule has 27 heavy (non-hydrogen) atoms. The van der Waals surface area contributed by atoms with Crippen LogP contribution >= 0.6 is 12.2 Å². The summed E-state index contributed by atoms with van der Waals surface area (Å²) in [7, 11) is 0. The fourth-order valence-electron chi connectivity index (χ4n) is 3.74. The maximum atomic E-state index is 5.13. The lowest BCUT2D eigenvalue weighted by Gasteiger charge is -2.30. The van der Waals surface area contributed by atoms with Crippen LogP contribution in [0.4, 0.5) is 0 Å². The Balaban J connectivity index is 0.000000503. The van der Waals surface area contributed by atoms with Crippen LogP contribution in [0.15, 0.2) is 23.8 Å². The minimum absolute atomic E-state index is 0.552. The van der Waals surface area contributed by atoms with Gasteiger partial charge in [-0.15, -0.1) is 0 Å². The van der Waals surface area contributed by atoms with Crippen molar-refractivity contribution in [2.75, 3.05) is 0 Å². The molecule has 1 heteroatoms. The van der Waals surface area contributed by atoms with E-state index in [2.05, 4.69) is 80.5 Å². The van der Waals surface area contributed by atoms with Crippen LogP contribution in [0, 0.1) is 35.0 Å². The number of rotatable bonds is 9. The SMILES string of the molecule is CC/C=C/C1CC(C)=CC(C)C1C=S.CCC(C)C(C)CCC(C)(C)CC. The molecule has 0 N–H and O–H groups in total. The molecule has 0 amide bonds. The van der Waals surface area contributed by atoms with Crippen LogP contribution in [0.2, 0.25) is 0 Å². The molecular formula is C26H48S. The van der Waals surface area contributed by atoms with E-state index >= 15 is 0 Å². The first-order chi connectivity index (χ1) is 12.6. The maximum absolute atomic E-state index is 5.13. The molecule has 1 aliphatic rings. The highest BCUT2D eigenvalue weighted by atomic mass is 32.1. The van der Waals surface area contributed by atoms with E-state index in [4.69, 9.17) is 12.2 Å². The quantitative estimate of drug-likeness (QED) is 0.278. The molecule has 0 aliphatic heterocycles. The molecule has 0 aromatic rings. The van der Waals surface area contributed by atoms with Gasteiger partial charge in [-0.1, -0.05) is 104 Å². The highest BCUT2D eigenvalue weighted by Crippen LogP contribution is 2.33. The Hall–Kier alpha value is -0.430. The van der Waals surface area contributed by atoms with Crippen molar-refractivity contribution in [2.45, 2.75) is 101 Å². The molecule has 0 nitrogen and oxygen atoms in total. The molecule has 0 radical (unpaired) electrons. The second-order valence-electron chi connectivity index (χ2n) is 9.71. The van der Waals surface area contributed by atoms with E-state index in [1.165, 1.54) is 37.7 Å². The summed E-state index contributed by atoms with van der Waals surface area (Å²) in [6.07, 6.45) is 14.7. The van der Waals surface area contributed by atoms with Crippen molar-refractivity contribution >= 4 is 17.6 Å². The van der Waals surface area contributed by atoms with Crippen molar-refractivity contribution in [1.82, 2.24) is 0 Å². The highest BCUT2D eigenvalue weighted by molar-refractivity contribution is 7.79. The lowest BCUT2D eigenvalue weighted by molar-refractivity contribution is 0.255. The normalized spacial score (nSPS) is 25.4. The predicted octanol–water partition coefficient (Wildman–Crippen LogP) is 9.06. The fraction of sp³-hybridized carbons (Fsp3) is 0.808. The first kappa shape index (κ1) is 26.6. The van der Waals surface area contributed by atoms with Gasteiger partial charge in [-0.3, -0.25) is 0 Å². The Bertz CT molecular complexity index is 457.